The normalized spacial score (nSPS) is 12.2. The molecule has 26 heavy (non-hydrogen) atoms. The first-order chi connectivity index (χ1) is 11.7. The second kappa shape index (κ2) is 9.16. The lowest BCUT2D eigenvalue weighted by molar-refractivity contribution is -0.121. The highest BCUT2D eigenvalue weighted by Crippen LogP contribution is 2.27. The van der Waals surface area contributed by atoms with Crippen LogP contribution >= 0.6 is 12.4 Å². The van der Waals surface area contributed by atoms with Crippen LogP contribution in [0.3, 0.4) is 0 Å². The van der Waals surface area contributed by atoms with Gasteiger partial charge in [-0.15, -0.1) is 12.4 Å². The molecule has 0 aliphatic carbocycles. The zero-order valence-electron chi connectivity index (χ0n) is 15.2. The van der Waals surface area contributed by atoms with Crippen LogP contribution in [0.2, 0.25) is 0 Å². The third kappa shape index (κ3) is 5.56. The third-order valence-electron chi connectivity index (χ3n) is 4.03. The number of nitrogens with one attached hydrogen (secondary N) is 1. The second-order valence-corrected chi connectivity index (χ2v) is 8.26. The van der Waals surface area contributed by atoms with E-state index in [0.717, 1.165) is 22.3 Å². The summed E-state index contributed by atoms with van der Waals surface area (Å²) < 4.78 is 23.8. The average molecular weight is 397 g/mol. The molecule has 0 aliphatic heterocycles. The molecule has 0 bridgehead atoms. The number of nitrogens with two attached hydrogens (primary N) is 1. The molecule has 3 N–H and O–H groups in total. The van der Waals surface area contributed by atoms with E-state index in [0.29, 0.717) is 0 Å². The molecule has 0 aromatic heterocycles. The number of benzene rings is 2. The molecule has 0 aliphatic rings. The van der Waals surface area contributed by atoms with Gasteiger partial charge in [-0.2, -0.15) is 0 Å². The van der Waals surface area contributed by atoms with Crippen LogP contribution in [0.15, 0.2) is 47.4 Å². The maximum Gasteiger partial charge on any atom is 0.222 e. The molecule has 0 fully saturated rings. The molecule has 0 saturated carbocycles. The van der Waals surface area contributed by atoms with Gasteiger partial charge in [0.1, 0.15) is 0 Å². The van der Waals surface area contributed by atoms with E-state index in [9.17, 15) is 13.2 Å². The summed E-state index contributed by atoms with van der Waals surface area (Å²) in [4.78, 5) is 12.4. The Hall–Kier alpha value is -1.89. The molecule has 2 rings (SSSR count). The van der Waals surface area contributed by atoms with Gasteiger partial charge in [0.05, 0.1) is 10.9 Å². The molecule has 2 aromatic carbocycles. The fourth-order valence-corrected chi connectivity index (χ4v) is 3.46. The fraction of sp³-hybridized carbons (Fsp3) is 0.316. The first-order valence-corrected chi connectivity index (χ1v) is 9.98. The molecule has 5 nitrogen and oxygen atoms in total. The predicted molar refractivity (Wildman–Crippen MR) is 106 cm³/mol. The van der Waals surface area contributed by atoms with Crippen molar-refractivity contribution < 1.29 is 13.2 Å². The first kappa shape index (κ1) is 22.2. The van der Waals surface area contributed by atoms with Crippen LogP contribution in [0.4, 0.5) is 0 Å². The Bertz CT molecular complexity index is 882. The Balaban J connectivity index is 0.00000338. The Morgan fingerprint density at radius 2 is 1.85 bits per heavy atom. The van der Waals surface area contributed by atoms with E-state index in [1.54, 1.807) is 18.2 Å². The summed E-state index contributed by atoms with van der Waals surface area (Å²) in [6.45, 7) is 4.24. The van der Waals surface area contributed by atoms with Crippen LogP contribution in [0, 0.1) is 13.8 Å². The molecule has 7 heteroatoms. The maximum absolute atomic E-state index is 12.2. The summed E-state index contributed by atoms with van der Waals surface area (Å²) in [5.41, 5.74) is 9.28. The lowest BCUT2D eigenvalue weighted by atomic mass is 9.93. The highest BCUT2D eigenvalue weighted by atomic mass is 35.5. The molecule has 0 saturated heterocycles. The molecule has 1 atom stereocenters. The average Bonchev–Trinajstić information content (AvgIpc) is 2.53. The standard InChI is InChI=1S/C19H24N2O3S.ClH/c1-13-7-8-17(14(2)11-13)19(21-18(22)9-10-20)15-5-4-6-16(12-15)25(3,23)24;/h4-8,11-12,19H,9-10,20H2,1-3H3,(H,21,22);1H. The number of carbonyl (C=O) groups excluding carboxylic acids is 1. The zero-order valence-corrected chi connectivity index (χ0v) is 16.8. The number of sulfone groups is 1. The summed E-state index contributed by atoms with van der Waals surface area (Å²) in [5, 5.41) is 2.98. The van der Waals surface area contributed by atoms with Gasteiger partial charge in [0, 0.05) is 19.2 Å². The molecule has 1 unspecified atom stereocenters. The SMILES string of the molecule is Cc1ccc(C(NC(=O)CCN)c2cccc(S(C)(=O)=O)c2)c(C)c1.Cl. The van der Waals surface area contributed by atoms with Crippen molar-refractivity contribution in [2.45, 2.75) is 31.2 Å². The lowest BCUT2D eigenvalue weighted by Crippen LogP contribution is -2.31. The van der Waals surface area contributed by atoms with Crippen molar-refractivity contribution in [3.05, 3.63) is 64.7 Å². The van der Waals surface area contributed by atoms with Crippen LogP contribution in [0.5, 0.6) is 0 Å². The summed E-state index contributed by atoms with van der Waals surface area (Å²) >= 11 is 0. The third-order valence-corrected chi connectivity index (χ3v) is 5.14. The smallest absolute Gasteiger partial charge is 0.222 e. The molecule has 1 amide bonds. The van der Waals surface area contributed by atoms with Crippen LogP contribution < -0.4 is 11.1 Å². The van der Waals surface area contributed by atoms with E-state index in [2.05, 4.69) is 5.32 Å². The molecule has 142 valence electrons. The highest BCUT2D eigenvalue weighted by Gasteiger charge is 2.20. The number of rotatable bonds is 6. The molecule has 0 spiro atoms. The van der Waals surface area contributed by atoms with E-state index in [4.69, 9.17) is 5.73 Å². The van der Waals surface area contributed by atoms with Crippen molar-refractivity contribution in [2.24, 2.45) is 5.73 Å². The van der Waals surface area contributed by atoms with Gasteiger partial charge in [0.2, 0.25) is 5.91 Å². The second-order valence-electron chi connectivity index (χ2n) is 6.24. The minimum absolute atomic E-state index is 0. The molecular weight excluding hydrogens is 372 g/mol. The van der Waals surface area contributed by atoms with Crippen molar-refractivity contribution in [3.8, 4) is 0 Å². The highest BCUT2D eigenvalue weighted by molar-refractivity contribution is 7.90. The van der Waals surface area contributed by atoms with Crippen LogP contribution in [-0.4, -0.2) is 27.1 Å². The molecule has 2 aromatic rings. The van der Waals surface area contributed by atoms with Crippen molar-refractivity contribution in [3.63, 3.8) is 0 Å². The van der Waals surface area contributed by atoms with E-state index >= 15 is 0 Å². The summed E-state index contributed by atoms with van der Waals surface area (Å²) in [6, 6.07) is 12.2. The summed E-state index contributed by atoms with van der Waals surface area (Å²) in [5.74, 6) is -0.169. The molecular formula is C19H25ClN2O3S. The number of halogens is 1. The van der Waals surface area contributed by atoms with Gasteiger partial charge in [0.25, 0.3) is 0 Å². The maximum atomic E-state index is 12.2. The number of amides is 1. The van der Waals surface area contributed by atoms with Gasteiger partial charge in [-0.3, -0.25) is 4.79 Å². The Labute approximate surface area is 161 Å². The number of hydrogen-bond donors (Lipinski definition) is 2. The van der Waals surface area contributed by atoms with Crippen molar-refractivity contribution in [1.29, 1.82) is 0 Å². The number of hydrogen-bond acceptors (Lipinski definition) is 4. The quantitative estimate of drug-likeness (QED) is 0.785. The zero-order chi connectivity index (χ0) is 18.6. The van der Waals surface area contributed by atoms with Gasteiger partial charge >= 0.3 is 0 Å². The number of carbonyl (C=O) groups is 1. The lowest BCUT2D eigenvalue weighted by Gasteiger charge is -2.22. The first-order valence-electron chi connectivity index (χ1n) is 8.09. The van der Waals surface area contributed by atoms with Gasteiger partial charge in [-0.05, 0) is 42.7 Å². The van der Waals surface area contributed by atoms with E-state index < -0.39 is 15.9 Å². The van der Waals surface area contributed by atoms with E-state index in [1.807, 2.05) is 38.1 Å². The van der Waals surface area contributed by atoms with Gasteiger partial charge in [-0.25, -0.2) is 8.42 Å². The largest absolute Gasteiger partial charge is 0.345 e. The minimum atomic E-state index is -3.33. The van der Waals surface area contributed by atoms with Gasteiger partial charge in [0.15, 0.2) is 9.84 Å². The van der Waals surface area contributed by atoms with E-state index in [1.165, 1.54) is 6.26 Å². The van der Waals surface area contributed by atoms with Crippen molar-refractivity contribution >= 4 is 28.2 Å². The van der Waals surface area contributed by atoms with Crippen LogP contribution in [0.1, 0.15) is 34.7 Å². The fourth-order valence-electron chi connectivity index (χ4n) is 2.78. The summed E-state index contributed by atoms with van der Waals surface area (Å²) in [6.07, 6.45) is 1.39. The van der Waals surface area contributed by atoms with E-state index in [-0.39, 0.29) is 36.2 Å². The predicted octanol–water partition coefficient (Wildman–Crippen LogP) is 2.68. The molecule has 0 heterocycles. The number of aryl methyl sites for hydroxylation is 2. The van der Waals surface area contributed by atoms with Crippen molar-refractivity contribution in [1.82, 2.24) is 5.32 Å². The van der Waals surface area contributed by atoms with Crippen molar-refractivity contribution in [2.75, 3.05) is 12.8 Å². The van der Waals surface area contributed by atoms with Gasteiger partial charge < -0.3 is 11.1 Å². The van der Waals surface area contributed by atoms with Gasteiger partial charge in [-0.1, -0.05) is 35.9 Å². The monoisotopic (exact) mass is 396 g/mol. The Morgan fingerprint density at radius 1 is 1.15 bits per heavy atom. The minimum Gasteiger partial charge on any atom is -0.345 e. The Kier molecular flexibility index (Phi) is 7.81. The molecule has 0 radical (unpaired) electrons. The topological polar surface area (TPSA) is 89.3 Å². The Morgan fingerprint density at radius 3 is 2.42 bits per heavy atom. The van der Waals surface area contributed by atoms with Crippen LogP contribution in [-0.2, 0) is 14.6 Å². The summed E-state index contributed by atoms with van der Waals surface area (Å²) in [7, 11) is -3.33. The van der Waals surface area contributed by atoms with Crippen LogP contribution in [0.25, 0.3) is 0 Å².